The molecule has 0 spiro atoms. The predicted molar refractivity (Wildman–Crippen MR) is 103 cm³/mol. The van der Waals surface area contributed by atoms with Gasteiger partial charge in [0.1, 0.15) is 0 Å². The van der Waals surface area contributed by atoms with Crippen molar-refractivity contribution in [3.63, 3.8) is 0 Å². The van der Waals surface area contributed by atoms with Gasteiger partial charge in [0.05, 0.1) is 17.1 Å². The highest BCUT2D eigenvalue weighted by Gasteiger charge is 2.25. The molecule has 0 fully saturated rings. The minimum atomic E-state index is -3.68. The quantitative estimate of drug-likeness (QED) is 0.401. The fourth-order valence-electron chi connectivity index (χ4n) is 2.13. The molecule has 5 heteroatoms. The van der Waals surface area contributed by atoms with Crippen LogP contribution in [0.4, 0.5) is 5.69 Å². The molecule has 0 atom stereocenters. The second kappa shape index (κ2) is 7.66. The summed E-state index contributed by atoms with van der Waals surface area (Å²) in [7, 11) is -3.68. The Morgan fingerprint density at radius 2 is 1.83 bits per heavy atom. The topological polar surface area (TPSA) is 37.4 Å². The summed E-state index contributed by atoms with van der Waals surface area (Å²) in [6.07, 6.45) is 1.57. The molecule has 2 aromatic rings. The van der Waals surface area contributed by atoms with E-state index < -0.39 is 10.0 Å². The van der Waals surface area contributed by atoms with Gasteiger partial charge < -0.3 is 0 Å². The highest BCUT2D eigenvalue weighted by molar-refractivity contribution is 14.1. The van der Waals surface area contributed by atoms with E-state index in [1.165, 1.54) is 4.31 Å². The molecule has 0 aliphatic heterocycles. The number of halogens is 1. The number of anilines is 1. The van der Waals surface area contributed by atoms with Crippen LogP contribution in [0.2, 0.25) is 0 Å². The summed E-state index contributed by atoms with van der Waals surface area (Å²) in [4.78, 5) is 0.252. The molecule has 0 saturated carbocycles. The van der Waals surface area contributed by atoms with Crippen molar-refractivity contribution in [2.75, 3.05) is 10.8 Å². The Balaban J connectivity index is 2.60. The molecular formula is C18H16INO2S. The molecule has 0 aromatic heterocycles. The number of sulfonamides is 1. The number of hydrogen-bond donors (Lipinski definition) is 0. The summed E-state index contributed by atoms with van der Waals surface area (Å²) in [5.41, 5.74) is 2.23. The number of rotatable bonds is 5. The van der Waals surface area contributed by atoms with Gasteiger partial charge in [-0.05, 0) is 35.1 Å². The number of nitrogens with zero attached hydrogens (tertiary/aromatic N) is 1. The first-order chi connectivity index (χ1) is 11.0. The van der Waals surface area contributed by atoms with Crippen LogP contribution in [-0.2, 0) is 10.0 Å². The number of hydrogen-bond acceptors (Lipinski definition) is 2. The van der Waals surface area contributed by atoms with E-state index in [0.717, 1.165) is 5.56 Å². The van der Waals surface area contributed by atoms with E-state index in [4.69, 9.17) is 0 Å². The Kier molecular flexibility index (Phi) is 5.85. The average molecular weight is 437 g/mol. The van der Waals surface area contributed by atoms with Crippen molar-refractivity contribution in [1.29, 1.82) is 0 Å². The van der Waals surface area contributed by atoms with Gasteiger partial charge in [0.15, 0.2) is 0 Å². The molecule has 118 valence electrons. The van der Waals surface area contributed by atoms with Gasteiger partial charge in [-0.3, -0.25) is 4.31 Å². The van der Waals surface area contributed by atoms with E-state index in [0.29, 0.717) is 11.3 Å². The number of aryl methyl sites for hydroxylation is 1. The standard InChI is InChI=1S/C18H16INO2S/c1-3-14-20(18-7-5-4-6-16(18)12-13-19)23(21,22)17-10-8-15(2)9-11-17/h3-11H,1,14H2,2H3. The zero-order valence-electron chi connectivity index (χ0n) is 12.7. The van der Waals surface area contributed by atoms with Crippen LogP contribution in [0.5, 0.6) is 0 Å². The monoisotopic (exact) mass is 437 g/mol. The van der Waals surface area contributed by atoms with Crippen molar-refractivity contribution in [2.24, 2.45) is 0 Å². The van der Waals surface area contributed by atoms with E-state index in [-0.39, 0.29) is 11.4 Å². The van der Waals surface area contributed by atoms with Crippen molar-refractivity contribution in [3.05, 3.63) is 72.3 Å². The molecule has 0 aliphatic rings. The smallest absolute Gasteiger partial charge is 0.261 e. The molecular weight excluding hydrogens is 421 g/mol. The van der Waals surface area contributed by atoms with E-state index >= 15 is 0 Å². The van der Waals surface area contributed by atoms with Crippen LogP contribution in [0.1, 0.15) is 11.1 Å². The molecule has 0 bridgehead atoms. The van der Waals surface area contributed by atoms with Crippen LogP contribution in [-0.4, -0.2) is 15.0 Å². The molecule has 2 aromatic carbocycles. The molecule has 0 amide bonds. The first kappa shape index (κ1) is 17.6. The Bertz CT molecular complexity index is 862. The molecule has 0 heterocycles. The molecule has 23 heavy (non-hydrogen) atoms. The maximum atomic E-state index is 13.0. The molecule has 3 nitrogen and oxygen atoms in total. The fourth-order valence-corrected chi connectivity index (χ4v) is 3.87. The third-order valence-corrected chi connectivity index (χ3v) is 5.32. The van der Waals surface area contributed by atoms with Crippen molar-refractivity contribution >= 4 is 38.3 Å². The fraction of sp³-hybridized carbons (Fsp3) is 0.111. The van der Waals surface area contributed by atoms with Crippen molar-refractivity contribution in [2.45, 2.75) is 11.8 Å². The Hall–Kier alpha value is -1.78. The van der Waals surface area contributed by atoms with E-state index in [1.807, 2.05) is 41.6 Å². The van der Waals surface area contributed by atoms with Crippen LogP contribution in [0.3, 0.4) is 0 Å². The molecule has 0 N–H and O–H groups in total. The maximum Gasteiger partial charge on any atom is 0.264 e. The average Bonchev–Trinajstić information content (AvgIpc) is 2.54. The first-order valence-corrected chi connectivity index (χ1v) is 9.43. The van der Waals surface area contributed by atoms with Gasteiger partial charge in [0, 0.05) is 28.2 Å². The highest BCUT2D eigenvalue weighted by atomic mass is 127. The zero-order chi connectivity index (χ0) is 16.9. The van der Waals surface area contributed by atoms with Gasteiger partial charge >= 0.3 is 0 Å². The lowest BCUT2D eigenvalue weighted by Crippen LogP contribution is -2.31. The first-order valence-electron chi connectivity index (χ1n) is 6.91. The Morgan fingerprint density at radius 1 is 1.17 bits per heavy atom. The third kappa shape index (κ3) is 3.95. The lowest BCUT2D eigenvalue weighted by Gasteiger charge is -2.24. The summed E-state index contributed by atoms with van der Waals surface area (Å²) >= 11 is 1.94. The SMILES string of the molecule is C=CCN(c1ccccc1C#CI)S(=O)(=O)c1ccc(C)cc1. The lowest BCUT2D eigenvalue weighted by molar-refractivity contribution is 0.593. The second-order valence-corrected chi connectivity index (χ2v) is 7.28. The zero-order valence-corrected chi connectivity index (χ0v) is 15.6. The van der Waals surface area contributed by atoms with Crippen molar-refractivity contribution in [1.82, 2.24) is 0 Å². The van der Waals surface area contributed by atoms with E-state index in [1.54, 1.807) is 42.5 Å². The summed E-state index contributed by atoms with van der Waals surface area (Å²) < 4.78 is 30.2. The van der Waals surface area contributed by atoms with Gasteiger partial charge in [0.2, 0.25) is 0 Å². The molecule has 0 aliphatic carbocycles. The maximum absolute atomic E-state index is 13.0. The summed E-state index contributed by atoms with van der Waals surface area (Å²) in [5.74, 6) is 2.94. The van der Waals surface area contributed by atoms with Crippen molar-refractivity contribution < 1.29 is 8.42 Å². The Labute approximate surface area is 151 Å². The predicted octanol–water partition coefficient (Wildman–Crippen LogP) is 4.12. The number of para-hydroxylation sites is 1. The van der Waals surface area contributed by atoms with Crippen LogP contribution in [0.15, 0.2) is 66.1 Å². The van der Waals surface area contributed by atoms with Gasteiger partial charge in [-0.25, -0.2) is 8.42 Å². The van der Waals surface area contributed by atoms with Crippen LogP contribution < -0.4 is 4.31 Å². The normalized spacial score (nSPS) is 10.5. The minimum absolute atomic E-state index is 0.177. The van der Waals surface area contributed by atoms with Gasteiger partial charge in [-0.15, -0.1) is 6.58 Å². The lowest BCUT2D eigenvalue weighted by atomic mass is 10.2. The van der Waals surface area contributed by atoms with Crippen LogP contribution in [0.25, 0.3) is 0 Å². The van der Waals surface area contributed by atoms with Gasteiger partial charge in [0.25, 0.3) is 10.0 Å². The van der Waals surface area contributed by atoms with Crippen molar-refractivity contribution in [3.8, 4) is 9.85 Å². The van der Waals surface area contributed by atoms with E-state index in [9.17, 15) is 8.42 Å². The van der Waals surface area contributed by atoms with Gasteiger partial charge in [-0.2, -0.15) is 0 Å². The molecule has 0 saturated heterocycles. The van der Waals surface area contributed by atoms with Gasteiger partial charge in [-0.1, -0.05) is 41.8 Å². The molecule has 0 unspecified atom stereocenters. The Morgan fingerprint density at radius 3 is 2.43 bits per heavy atom. The highest BCUT2D eigenvalue weighted by Crippen LogP contribution is 2.27. The molecule has 2 rings (SSSR count). The van der Waals surface area contributed by atoms with Crippen LogP contribution >= 0.6 is 22.6 Å². The minimum Gasteiger partial charge on any atom is -0.261 e. The largest absolute Gasteiger partial charge is 0.264 e. The summed E-state index contributed by atoms with van der Waals surface area (Å²) in [6, 6.07) is 14.0. The van der Waals surface area contributed by atoms with E-state index in [2.05, 4.69) is 16.4 Å². The third-order valence-electron chi connectivity index (χ3n) is 3.26. The number of benzene rings is 2. The second-order valence-electron chi connectivity index (χ2n) is 4.87. The van der Waals surface area contributed by atoms with Crippen LogP contribution in [0, 0.1) is 16.8 Å². The summed E-state index contributed by atoms with van der Waals surface area (Å²) in [6.45, 7) is 5.78. The molecule has 0 radical (unpaired) electrons. The summed E-state index contributed by atoms with van der Waals surface area (Å²) in [5, 5.41) is 0.